The van der Waals surface area contributed by atoms with Crippen LogP contribution in [0.1, 0.15) is 5.56 Å². The second kappa shape index (κ2) is 7.42. The zero-order valence-electron chi connectivity index (χ0n) is 16.8. The molecule has 6 nitrogen and oxygen atoms in total. The fraction of sp³-hybridized carbons (Fsp3) is 0.130. The maximum atomic E-state index is 5.43. The lowest BCUT2D eigenvalue weighted by atomic mass is 10.2. The smallest absolute Gasteiger partial charge is 0.257 e. The Labute approximate surface area is 178 Å². The third-order valence-electron chi connectivity index (χ3n) is 5.01. The number of benzene rings is 1. The van der Waals surface area contributed by atoms with Crippen molar-refractivity contribution in [1.29, 1.82) is 0 Å². The lowest BCUT2D eigenvalue weighted by Gasteiger charge is -2.10. The van der Waals surface area contributed by atoms with Crippen LogP contribution in [0.4, 0.5) is 0 Å². The van der Waals surface area contributed by atoms with Crippen LogP contribution >= 0.6 is 11.9 Å². The van der Waals surface area contributed by atoms with E-state index < -0.39 is 0 Å². The molecule has 1 aromatic carbocycles. The number of hydrogen-bond donors (Lipinski definition) is 1. The highest BCUT2D eigenvalue weighted by Gasteiger charge is 2.19. The van der Waals surface area contributed by atoms with Gasteiger partial charge in [-0.3, -0.25) is 3.97 Å². The van der Waals surface area contributed by atoms with Gasteiger partial charge in [0.15, 0.2) is 11.4 Å². The molecule has 7 heteroatoms. The van der Waals surface area contributed by atoms with Gasteiger partial charge in [0, 0.05) is 34.3 Å². The molecular weight excluding hydrogens is 396 g/mol. The summed E-state index contributed by atoms with van der Waals surface area (Å²) in [6, 6.07) is 16.6. The van der Waals surface area contributed by atoms with E-state index >= 15 is 0 Å². The van der Waals surface area contributed by atoms with Gasteiger partial charge in [0.05, 0.1) is 25.4 Å². The normalized spacial score (nSPS) is 11.3. The molecule has 0 saturated heterocycles. The highest BCUT2D eigenvalue weighted by atomic mass is 32.2. The second-order valence-electron chi connectivity index (χ2n) is 6.94. The van der Waals surface area contributed by atoms with Crippen molar-refractivity contribution in [3.05, 3.63) is 66.5 Å². The molecule has 0 aliphatic heterocycles. The number of aromatic amines is 1. The molecule has 0 bridgehead atoms. The van der Waals surface area contributed by atoms with E-state index in [1.165, 1.54) is 5.56 Å². The van der Waals surface area contributed by atoms with Crippen molar-refractivity contribution in [2.24, 2.45) is 0 Å². The van der Waals surface area contributed by atoms with Crippen LogP contribution in [0.25, 0.3) is 33.3 Å². The summed E-state index contributed by atoms with van der Waals surface area (Å²) in [5, 5.41) is 1.07. The minimum absolute atomic E-state index is 0.456. The van der Waals surface area contributed by atoms with E-state index in [0.717, 1.165) is 38.2 Å². The molecule has 5 rings (SSSR count). The van der Waals surface area contributed by atoms with Crippen LogP contribution < -0.4 is 9.47 Å². The number of aryl methyl sites for hydroxylation is 1. The summed E-state index contributed by atoms with van der Waals surface area (Å²) in [7, 11) is 3.20. The summed E-state index contributed by atoms with van der Waals surface area (Å²) in [5.74, 6) is 1.05. The Morgan fingerprint density at radius 1 is 1.03 bits per heavy atom. The minimum atomic E-state index is 0.456. The molecule has 0 amide bonds. The van der Waals surface area contributed by atoms with Crippen molar-refractivity contribution in [2.45, 2.75) is 11.8 Å². The van der Waals surface area contributed by atoms with Crippen molar-refractivity contribution in [2.75, 3.05) is 14.2 Å². The highest BCUT2D eigenvalue weighted by molar-refractivity contribution is 7.98. The Morgan fingerprint density at radius 3 is 2.63 bits per heavy atom. The minimum Gasteiger partial charge on any atom is -0.491 e. The molecule has 0 radical (unpaired) electrons. The molecule has 0 atom stereocenters. The second-order valence-corrected chi connectivity index (χ2v) is 7.96. The van der Waals surface area contributed by atoms with Gasteiger partial charge in [0.25, 0.3) is 5.88 Å². The number of nitrogens with zero attached hydrogens (tertiary/aromatic N) is 3. The Morgan fingerprint density at radius 2 is 1.87 bits per heavy atom. The number of methoxy groups -OCH3 is 2. The Balaban J connectivity index is 1.72. The van der Waals surface area contributed by atoms with Gasteiger partial charge in [-0.1, -0.05) is 17.7 Å². The Kier molecular flexibility index (Phi) is 4.59. The standard InChI is InChI=1S/C23H20N4O2S/c1-14-6-8-16(9-7-14)30-27-19(11-15-5-4-10-24-22(15)27)17-13-25-18-12-20(28-2)23(29-3)26-21(17)18/h4-13,25H,1-3H3. The van der Waals surface area contributed by atoms with Crippen LogP contribution in [0.5, 0.6) is 11.6 Å². The number of pyridine rings is 2. The van der Waals surface area contributed by atoms with Crippen molar-refractivity contribution in [3.8, 4) is 22.9 Å². The third-order valence-corrected chi connectivity index (χ3v) is 6.04. The van der Waals surface area contributed by atoms with Gasteiger partial charge in [-0.2, -0.15) is 0 Å². The predicted octanol–water partition coefficient (Wildman–Crippen LogP) is 5.46. The summed E-state index contributed by atoms with van der Waals surface area (Å²) in [5.41, 5.74) is 5.84. The van der Waals surface area contributed by atoms with Gasteiger partial charge in [0.1, 0.15) is 5.52 Å². The molecule has 5 aromatic rings. The molecule has 150 valence electrons. The molecule has 4 aromatic heterocycles. The van der Waals surface area contributed by atoms with E-state index in [1.807, 2.05) is 24.5 Å². The van der Waals surface area contributed by atoms with Crippen LogP contribution in [0, 0.1) is 6.92 Å². The Hall–Kier alpha value is -3.45. The summed E-state index contributed by atoms with van der Waals surface area (Å²) < 4.78 is 13.0. The summed E-state index contributed by atoms with van der Waals surface area (Å²) in [6.45, 7) is 2.09. The summed E-state index contributed by atoms with van der Waals surface area (Å²) in [4.78, 5) is 13.8. The number of rotatable bonds is 5. The molecule has 0 fully saturated rings. The zero-order valence-corrected chi connectivity index (χ0v) is 17.7. The molecule has 4 heterocycles. The van der Waals surface area contributed by atoms with Crippen LogP contribution in [0.15, 0.2) is 65.8 Å². The van der Waals surface area contributed by atoms with Crippen LogP contribution in [0.3, 0.4) is 0 Å². The third kappa shape index (κ3) is 3.07. The van der Waals surface area contributed by atoms with E-state index in [-0.39, 0.29) is 0 Å². The maximum Gasteiger partial charge on any atom is 0.257 e. The fourth-order valence-corrected chi connectivity index (χ4v) is 4.45. The number of fused-ring (bicyclic) bond motifs is 2. The number of H-pyrrole nitrogens is 1. The topological polar surface area (TPSA) is 65.0 Å². The van der Waals surface area contributed by atoms with Crippen molar-refractivity contribution in [1.82, 2.24) is 18.9 Å². The van der Waals surface area contributed by atoms with Crippen LogP contribution in [0.2, 0.25) is 0 Å². The molecule has 0 aliphatic carbocycles. The van der Waals surface area contributed by atoms with Crippen LogP contribution in [-0.4, -0.2) is 33.1 Å². The van der Waals surface area contributed by atoms with Gasteiger partial charge < -0.3 is 14.5 Å². The summed E-state index contributed by atoms with van der Waals surface area (Å²) >= 11 is 1.64. The fourth-order valence-electron chi connectivity index (χ4n) is 3.50. The summed E-state index contributed by atoms with van der Waals surface area (Å²) in [6.07, 6.45) is 3.79. The van der Waals surface area contributed by atoms with E-state index in [1.54, 1.807) is 26.2 Å². The van der Waals surface area contributed by atoms with Gasteiger partial charge in [-0.25, -0.2) is 9.97 Å². The monoisotopic (exact) mass is 416 g/mol. The molecule has 1 N–H and O–H groups in total. The first-order chi connectivity index (χ1) is 14.7. The Bertz CT molecular complexity index is 1360. The highest BCUT2D eigenvalue weighted by Crippen LogP contribution is 2.39. The van der Waals surface area contributed by atoms with Gasteiger partial charge in [-0.05, 0) is 49.2 Å². The quantitative estimate of drug-likeness (QED) is 0.412. The van der Waals surface area contributed by atoms with E-state index in [9.17, 15) is 0 Å². The average Bonchev–Trinajstić information content (AvgIpc) is 3.35. The van der Waals surface area contributed by atoms with E-state index in [0.29, 0.717) is 11.6 Å². The molecule has 0 aliphatic rings. The lowest BCUT2D eigenvalue weighted by molar-refractivity contribution is 0.344. The molecular formula is C23H20N4O2S. The SMILES string of the molecule is COc1cc2[nH]cc(-c3cc4cccnc4n3Sc3ccc(C)cc3)c2nc1OC. The van der Waals surface area contributed by atoms with E-state index in [4.69, 9.17) is 14.5 Å². The van der Waals surface area contributed by atoms with Crippen molar-refractivity contribution >= 4 is 34.0 Å². The van der Waals surface area contributed by atoms with E-state index in [2.05, 4.69) is 57.3 Å². The van der Waals surface area contributed by atoms with Gasteiger partial charge in [-0.15, -0.1) is 0 Å². The molecule has 0 unspecified atom stereocenters. The largest absolute Gasteiger partial charge is 0.491 e. The number of nitrogens with one attached hydrogen (secondary N) is 1. The van der Waals surface area contributed by atoms with Gasteiger partial charge in [0.2, 0.25) is 0 Å². The molecule has 30 heavy (non-hydrogen) atoms. The maximum absolute atomic E-state index is 5.43. The number of ether oxygens (including phenoxy) is 2. The van der Waals surface area contributed by atoms with Crippen LogP contribution in [-0.2, 0) is 0 Å². The lowest BCUT2D eigenvalue weighted by Crippen LogP contribution is -1.95. The van der Waals surface area contributed by atoms with Crippen molar-refractivity contribution in [3.63, 3.8) is 0 Å². The number of aromatic nitrogens is 4. The molecule has 0 saturated carbocycles. The van der Waals surface area contributed by atoms with Crippen molar-refractivity contribution < 1.29 is 9.47 Å². The predicted molar refractivity (Wildman–Crippen MR) is 120 cm³/mol. The first-order valence-electron chi connectivity index (χ1n) is 9.50. The average molecular weight is 417 g/mol. The zero-order chi connectivity index (χ0) is 20.7. The molecule has 0 spiro atoms. The number of hydrogen-bond acceptors (Lipinski definition) is 5. The first-order valence-corrected chi connectivity index (χ1v) is 10.3. The first kappa shape index (κ1) is 18.6. The van der Waals surface area contributed by atoms with Gasteiger partial charge >= 0.3 is 0 Å².